The van der Waals surface area contributed by atoms with Crippen molar-refractivity contribution in [3.63, 3.8) is 0 Å². The molecule has 20 heavy (non-hydrogen) atoms. The van der Waals surface area contributed by atoms with Gasteiger partial charge in [0, 0.05) is 24.0 Å². The number of rotatable bonds is 2. The van der Waals surface area contributed by atoms with E-state index in [-0.39, 0.29) is 18.1 Å². The number of carbonyl (C=O) groups excluding carboxylic acids is 1. The van der Waals surface area contributed by atoms with E-state index in [0.29, 0.717) is 0 Å². The van der Waals surface area contributed by atoms with Gasteiger partial charge in [-0.15, -0.1) is 0 Å². The molecule has 0 spiro atoms. The summed E-state index contributed by atoms with van der Waals surface area (Å²) >= 11 is 5.91. The number of carbonyl (C=O) groups is 1. The van der Waals surface area contributed by atoms with Gasteiger partial charge >= 0.3 is 6.09 Å². The molecule has 2 N–H and O–H groups in total. The van der Waals surface area contributed by atoms with Gasteiger partial charge in [-0.1, -0.05) is 23.7 Å². The highest BCUT2D eigenvalue weighted by molar-refractivity contribution is 6.30. The van der Waals surface area contributed by atoms with E-state index in [0.717, 1.165) is 18.1 Å². The topological polar surface area (TPSA) is 50.4 Å². The van der Waals surface area contributed by atoms with Crippen molar-refractivity contribution in [2.45, 2.75) is 38.3 Å². The molecule has 0 aromatic heterocycles. The molecule has 0 aliphatic carbocycles. The van der Waals surface area contributed by atoms with Gasteiger partial charge in [0.05, 0.1) is 6.04 Å². The molecule has 1 aliphatic rings. The fourth-order valence-electron chi connectivity index (χ4n) is 2.35. The summed E-state index contributed by atoms with van der Waals surface area (Å²) in [6.07, 6.45) is -0.370. The first-order chi connectivity index (χ1) is 9.35. The normalized spacial score (nSPS) is 22.6. The average Bonchev–Trinajstić information content (AvgIpc) is 2.75. The highest BCUT2D eigenvalue weighted by atomic mass is 35.5. The maximum absolute atomic E-state index is 11.9. The van der Waals surface area contributed by atoms with E-state index in [2.05, 4.69) is 10.6 Å². The van der Waals surface area contributed by atoms with E-state index in [1.807, 2.05) is 45.0 Å². The van der Waals surface area contributed by atoms with Crippen LogP contribution in [0.3, 0.4) is 0 Å². The van der Waals surface area contributed by atoms with Gasteiger partial charge in [0.25, 0.3) is 0 Å². The van der Waals surface area contributed by atoms with Crippen LogP contribution in [-0.2, 0) is 4.74 Å². The fourth-order valence-corrected chi connectivity index (χ4v) is 2.48. The third kappa shape index (κ3) is 4.12. The van der Waals surface area contributed by atoms with Gasteiger partial charge in [-0.25, -0.2) is 4.79 Å². The quantitative estimate of drug-likeness (QED) is 0.882. The molecule has 4 nitrogen and oxygen atoms in total. The molecule has 1 fully saturated rings. The SMILES string of the molecule is CC(C)(C)OC(=O)N[C@H]1CNC[C@@H]1c1ccc(Cl)cc1. The van der Waals surface area contributed by atoms with Gasteiger partial charge < -0.3 is 15.4 Å². The minimum atomic E-state index is -0.480. The van der Waals surface area contributed by atoms with Crippen molar-refractivity contribution in [1.82, 2.24) is 10.6 Å². The lowest BCUT2D eigenvalue weighted by atomic mass is 9.94. The Labute approximate surface area is 124 Å². The van der Waals surface area contributed by atoms with Crippen LogP contribution in [0.5, 0.6) is 0 Å². The number of hydrogen-bond donors (Lipinski definition) is 2. The van der Waals surface area contributed by atoms with Crippen LogP contribution >= 0.6 is 11.6 Å². The molecule has 1 aliphatic heterocycles. The van der Waals surface area contributed by atoms with Crippen molar-refractivity contribution >= 4 is 17.7 Å². The van der Waals surface area contributed by atoms with E-state index in [1.165, 1.54) is 5.56 Å². The van der Waals surface area contributed by atoms with E-state index < -0.39 is 5.60 Å². The third-order valence-electron chi connectivity index (χ3n) is 3.21. The van der Waals surface area contributed by atoms with Crippen molar-refractivity contribution in [3.8, 4) is 0 Å². The second kappa shape index (κ2) is 6.02. The standard InChI is InChI=1S/C15H21ClN2O2/c1-15(2,3)20-14(19)18-13-9-17-8-12(13)10-4-6-11(16)7-5-10/h4-7,12-13,17H,8-9H2,1-3H3,(H,18,19)/t12-,13+/m1/s1. The predicted octanol–water partition coefficient (Wildman–Crippen LogP) is 2.92. The zero-order valence-corrected chi connectivity index (χ0v) is 12.8. The van der Waals surface area contributed by atoms with Gasteiger partial charge in [-0.2, -0.15) is 0 Å². The Morgan fingerprint density at radius 3 is 2.55 bits per heavy atom. The Kier molecular flexibility index (Phi) is 4.55. The minimum absolute atomic E-state index is 0.0334. The molecule has 0 bridgehead atoms. The number of nitrogens with one attached hydrogen (secondary N) is 2. The van der Waals surface area contributed by atoms with Gasteiger partial charge in [-0.3, -0.25) is 0 Å². The number of alkyl carbamates (subject to hydrolysis) is 1. The lowest BCUT2D eigenvalue weighted by Crippen LogP contribution is -2.42. The molecule has 0 radical (unpaired) electrons. The lowest BCUT2D eigenvalue weighted by molar-refractivity contribution is 0.0504. The van der Waals surface area contributed by atoms with Crippen molar-refractivity contribution in [1.29, 1.82) is 0 Å². The fraction of sp³-hybridized carbons (Fsp3) is 0.533. The van der Waals surface area contributed by atoms with Gasteiger partial charge in [0.15, 0.2) is 0 Å². The highest BCUT2D eigenvalue weighted by Crippen LogP contribution is 2.24. The summed E-state index contributed by atoms with van der Waals surface area (Å²) in [7, 11) is 0. The van der Waals surface area contributed by atoms with Gasteiger partial charge in [-0.05, 0) is 38.5 Å². The minimum Gasteiger partial charge on any atom is -0.444 e. The first-order valence-electron chi connectivity index (χ1n) is 6.81. The third-order valence-corrected chi connectivity index (χ3v) is 3.47. The van der Waals surface area contributed by atoms with E-state index in [1.54, 1.807) is 0 Å². The summed E-state index contributed by atoms with van der Waals surface area (Å²) < 4.78 is 5.30. The highest BCUT2D eigenvalue weighted by Gasteiger charge is 2.31. The molecular weight excluding hydrogens is 276 g/mol. The molecule has 1 amide bonds. The zero-order valence-electron chi connectivity index (χ0n) is 12.1. The average molecular weight is 297 g/mol. The lowest BCUT2D eigenvalue weighted by Gasteiger charge is -2.24. The molecular formula is C15H21ClN2O2. The molecule has 0 unspecified atom stereocenters. The number of benzene rings is 1. The second-order valence-corrected chi connectivity index (χ2v) is 6.51. The largest absolute Gasteiger partial charge is 0.444 e. The number of ether oxygens (including phenoxy) is 1. The van der Waals surface area contributed by atoms with E-state index in [4.69, 9.17) is 16.3 Å². The van der Waals surface area contributed by atoms with Crippen molar-refractivity contribution in [3.05, 3.63) is 34.9 Å². The molecule has 110 valence electrons. The summed E-state index contributed by atoms with van der Waals surface area (Å²) in [5.41, 5.74) is 0.687. The maximum Gasteiger partial charge on any atom is 0.407 e. The first-order valence-corrected chi connectivity index (χ1v) is 7.18. The second-order valence-electron chi connectivity index (χ2n) is 6.07. The Bertz CT molecular complexity index is 468. The number of halogens is 1. The molecule has 1 saturated heterocycles. The molecule has 2 atom stereocenters. The zero-order chi connectivity index (χ0) is 14.8. The molecule has 0 saturated carbocycles. The molecule has 2 rings (SSSR count). The van der Waals surface area contributed by atoms with Crippen LogP contribution < -0.4 is 10.6 Å². The Balaban J connectivity index is 2.00. The van der Waals surface area contributed by atoms with Crippen LogP contribution in [0.1, 0.15) is 32.3 Å². The van der Waals surface area contributed by atoms with Crippen molar-refractivity contribution < 1.29 is 9.53 Å². The summed E-state index contributed by atoms with van der Waals surface area (Å²) in [6.45, 7) is 7.15. The van der Waals surface area contributed by atoms with Crippen molar-refractivity contribution in [2.75, 3.05) is 13.1 Å². The van der Waals surface area contributed by atoms with Crippen LogP contribution in [0.4, 0.5) is 4.79 Å². The summed E-state index contributed by atoms with van der Waals surface area (Å²) in [4.78, 5) is 11.9. The molecule has 1 aromatic carbocycles. The molecule has 5 heteroatoms. The Morgan fingerprint density at radius 1 is 1.30 bits per heavy atom. The molecule has 1 aromatic rings. The summed E-state index contributed by atoms with van der Waals surface area (Å²) in [5, 5.41) is 6.96. The van der Waals surface area contributed by atoms with Gasteiger partial charge in [0.2, 0.25) is 0 Å². The Hall–Kier alpha value is -1.26. The van der Waals surface area contributed by atoms with Crippen LogP contribution in [0.15, 0.2) is 24.3 Å². The van der Waals surface area contributed by atoms with Crippen LogP contribution in [0.25, 0.3) is 0 Å². The van der Waals surface area contributed by atoms with E-state index >= 15 is 0 Å². The van der Waals surface area contributed by atoms with Crippen LogP contribution in [-0.4, -0.2) is 30.8 Å². The summed E-state index contributed by atoms with van der Waals surface area (Å²) in [6, 6.07) is 7.79. The van der Waals surface area contributed by atoms with Crippen LogP contribution in [0, 0.1) is 0 Å². The summed E-state index contributed by atoms with van der Waals surface area (Å²) in [5.74, 6) is 0.236. The predicted molar refractivity (Wildman–Crippen MR) is 80.2 cm³/mol. The number of hydrogen-bond acceptors (Lipinski definition) is 3. The monoisotopic (exact) mass is 296 g/mol. The first kappa shape index (κ1) is 15.1. The van der Waals surface area contributed by atoms with Crippen LogP contribution in [0.2, 0.25) is 5.02 Å². The van der Waals surface area contributed by atoms with Gasteiger partial charge in [0.1, 0.15) is 5.60 Å². The van der Waals surface area contributed by atoms with E-state index in [9.17, 15) is 4.79 Å². The maximum atomic E-state index is 11.9. The molecule has 1 heterocycles. The van der Waals surface area contributed by atoms with Crippen molar-refractivity contribution in [2.24, 2.45) is 0 Å². The smallest absolute Gasteiger partial charge is 0.407 e. The number of amides is 1. The Morgan fingerprint density at radius 2 is 1.95 bits per heavy atom.